The average Bonchev–Trinajstić information content (AvgIpc) is 2.66. The van der Waals surface area contributed by atoms with Gasteiger partial charge >= 0.3 is 0 Å². The molecule has 0 heterocycles. The van der Waals surface area contributed by atoms with Crippen molar-refractivity contribution in [3.63, 3.8) is 0 Å². The Kier molecular flexibility index (Phi) is 7.04. The maximum absolute atomic E-state index is 12.2. The third-order valence-corrected chi connectivity index (χ3v) is 4.05. The molecule has 0 unspecified atom stereocenters. The molecular formula is C21H24N2O3. The summed E-state index contributed by atoms with van der Waals surface area (Å²) in [6.45, 7) is 3.05. The normalized spacial score (nSPS) is 10.1. The van der Waals surface area contributed by atoms with Crippen LogP contribution >= 0.6 is 0 Å². The number of hydrogen-bond donors (Lipinski definition) is 0. The van der Waals surface area contributed by atoms with Crippen LogP contribution < -0.4 is 9.47 Å². The van der Waals surface area contributed by atoms with Crippen molar-refractivity contribution in [2.24, 2.45) is 0 Å². The van der Waals surface area contributed by atoms with Gasteiger partial charge in [-0.25, -0.2) is 0 Å². The largest absolute Gasteiger partial charge is 0.493 e. The van der Waals surface area contributed by atoms with E-state index in [-0.39, 0.29) is 5.91 Å². The van der Waals surface area contributed by atoms with E-state index in [1.54, 1.807) is 23.1 Å². The molecule has 0 saturated carbocycles. The summed E-state index contributed by atoms with van der Waals surface area (Å²) in [5.74, 6) is 1.18. The lowest BCUT2D eigenvalue weighted by molar-refractivity contribution is -0.130. The summed E-state index contributed by atoms with van der Waals surface area (Å²) in [4.78, 5) is 14.0. The van der Waals surface area contributed by atoms with E-state index < -0.39 is 0 Å². The molecule has 0 spiro atoms. The molecule has 26 heavy (non-hydrogen) atoms. The molecule has 0 aromatic heterocycles. The molecule has 5 heteroatoms. The molecule has 0 aliphatic rings. The van der Waals surface area contributed by atoms with E-state index in [1.165, 1.54) is 12.7 Å². The highest BCUT2D eigenvalue weighted by atomic mass is 16.5. The number of benzene rings is 2. The maximum atomic E-state index is 12.2. The quantitative estimate of drug-likeness (QED) is 0.680. The monoisotopic (exact) mass is 352 g/mol. The first-order valence-corrected chi connectivity index (χ1v) is 8.54. The van der Waals surface area contributed by atoms with E-state index in [9.17, 15) is 4.79 Å². The van der Waals surface area contributed by atoms with E-state index in [0.29, 0.717) is 43.1 Å². The molecule has 0 aliphatic heterocycles. The summed E-state index contributed by atoms with van der Waals surface area (Å²) >= 11 is 0. The minimum Gasteiger partial charge on any atom is -0.493 e. The molecule has 5 nitrogen and oxygen atoms in total. The SMILES string of the molecule is COc1cc(C#N)ccc1OCCCC(=O)N(C)Cc1ccc(C)cc1. The van der Waals surface area contributed by atoms with Crippen LogP contribution in [-0.4, -0.2) is 31.6 Å². The zero-order valence-electron chi connectivity index (χ0n) is 15.5. The van der Waals surface area contributed by atoms with Crippen LogP contribution in [0.3, 0.4) is 0 Å². The topological polar surface area (TPSA) is 62.6 Å². The highest BCUT2D eigenvalue weighted by Gasteiger charge is 2.10. The number of ether oxygens (including phenoxy) is 2. The van der Waals surface area contributed by atoms with Crippen LogP contribution in [0.2, 0.25) is 0 Å². The summed E-state index contributed by atoms with van der Waals surface area (Å²) in [5, 5.41) is 8.91. The molecule has 0 fully saturated rings. The fourth-order valence-electron chi connectivity index (χ4n) is 2.51. The third kappa shape index (κ3) is 5.52. The number of rotatable bonds is 8. The van der Waals surface area contributed by atoms with E-state index in [1.807, 2.05) is 38.2 Å². The summed E-state index contributed by atoms with van der Waals surface area (Å²) in [5.41, 5.74) is 2.84. The Labute approximate surface area is 154 Å². The second-order valence-electron chi connectivity index (χ2n) is 6.16. The van der Waals surface area contributed by atoms with Crippen molar-refractivity contribution < 1.29 is 14.3 Å². The lowest BCUT2D eigenvalue weighted by Gasteiger charge is -2.17. The lowest BCUT2D eigenvalue weighted by Crippen LogP contribution is -2.26. The first kappa shape index (κ1) is 19.3. The van der Waals surface area contributed by atoms with Crippen LogP contribution in [0.4, 0.5) is 0 Å². The molecule has 0 atom stereocenters. The molecule has 0 N–H and O–H groups in total. The smallest absolute Gasteiger partial charge is 0.222 e. The van der Waals surface area contributed by atoms with Crippen LogP contribution in [0.15, 0.2) is 42.5 Å². The highest BCUT2D eigenvalue weighted by molar-refractivity contribution is 5.75. The predicted octanol–water partition coefficient (Wildman–Crippen LogP) is 3.69. The summed E-state index contributed by atoms with van der Waals surface area (Å²) in [7, 11) is 3.35. The number of nitriles is 1. The van der Waals surface area contributed by atoms with Crippen LogP contribution in [0.5, 0.6) is 11.5 Å². The van der Waals surface area contributed by atoms with Crippen molar-refractivity contribution >= 4 is 5.91 Å². The van der Waals surface area contributed by atoms with Crippen LogP contribution in [-0.2, 0) is 11.3 Å². The molecule has 2 rings (SSSR count). The van der Waals surface area contributed by atoms with Crippen LogP contribution in [0.25, 0.3) is 0 Å². The molecule has 1 amide bonds. The van der Waals surface area contributed by atoms with Gasteiger partial charge < -0.3 is 14.4 Å². The van der Waals surface area contributed by atoms with Crippen LogP contribution in [0, 0.1) is 18.3 Å². The summed E-state index contributed by atoms with van der Waals surface area (Å²) < 4.78 is 10.9. The Morgan fingerprint density at radius 2 is 1.88 bits per heavy atom. The molecule has 2 aromatic carbocycles. The van der Waals surface area contributed by atoms with Crippen LogP contribution in [0.1, 0.15) is 29.5 Å². The first-order chi connectivity index (χ1) is 12.5. The minimum absolute atomic E-state index is 0.0842. The van der Waals surface area contributed by atoms with Gasteiger partial charge in [0, 0.05) is 26.1 Å². The Morgan fingerprint density at radius 1 is 1.15 bits per heavy atom. The molecule has 0 saturated heterocycles. The van der Waals surface area contributed by atoms with Crippen molar-refractivity contribution in [3.05, 3.63) is 59.2 Å². The van der Waals surface area contributed by atoms with Gasteiger partial charge in [0.1, 0.15) is 0 Å². The third-order valence-electron chi connectivity index (χ3n) is 4.05. The summed E-state index contributed by atoms with van der Waals surface area (Å²) in [6.07, 6.45) is 1.03. The van der Waals surface area contributed by atoms with E-state index in [2.05, 4.69) is 6.07 Å². The fourth-order valence-corrected chi connectivity index (χ4v) is 2.51. The molecule has 0 radical (unpaired) electrons. The Morgan fingerprint density at radius 3 is 2.54 bits per heavy atom. The number of hydrogen-bond acceptors (Lipinski definition) is 4. The lowest BCUT2D eigenvalue weighted by atomic mass is 10.1. The van der Waals surface area contributed by atoms with E-state index in [4.69, 9.17) is 14.7 Å². The van der Waals surface area contributed by atoms with E-state index >= 15 is 0 Å². The Bertz CT molecular complexity index is 779. The Hall–Kier alpha value is -3.00. The molecule has 0 bridgehead atoms. The molecule has 136 valence electrons. The first-order valence-electron chi connectivity index (χ1n) is 8.54. The number of methoxy groups -OCH3 is 1. The number of nitrogens with zero attached hydrogens (tertiary/aromatic N) is 2. The Balaban J connectivity index is 1.77. The minimum atomic E-state index is 0.0842. The van der Waals surface area contributed by atoms with Gasteiger partial charge in [-0.3, -0.25) is 4.79 Å². The molecule has 2 aromatic rings. The number of carbonyl (C=O) groups excluding carboxylic acids is 1. The van der Waals surface area contributed by atoms with E-state index in [0.717, 1.165) is 5.56 Å². The number of aryl methyl sites for hydroxylation is 1. The number of carbonyl (C=O) groups is 1. The van der Waals surface area contributed by atoms with Crippen molar-refractivity contribution in [3.8, 4) is 17.6 Å². The van der Waals surface area contributed by atoms with Gasteiger partial charge in [0.2, 0.25) is 5.91 Å². The van der Waals surface area contributed by atoms with Crippen molar-refractivity contribution in [1.82, 2.24) is 4.90 Å². The predicted molar refractivity (Wildman–Crippen MR) is 100 cm³/mol. The van der Waals surface area contributed by atoms with Gasteiger partial charge in [0.25, 0.3) is 0 Å². The second-order valence-corrected chi connectivity index (χ2v) is 6.16. The molecule has 0 aliphatic carbocycles. The van der Waals surface area contributed by atoms with Gasteiger partial charge in [0.15, 0.2) is 11.5 Å². The summed E-state index contributed by atoms with van der Waals surface area (Å²) in [6, 6.07) is 15.3. The van der Waals surface area contributed by atoms with Crippen molar-refractivity contribution in [1.29, 1.82) is 5.26 Å². The standard InChI is InChI=1S/C21H24N2O3/c1-16-6-8-17(9-7-16)15-23(2)21(24)5-4-12-26-19-11-10-18(14-22)13-20(19)25-3/h6-11,13H,4-5,12,15H2,1-3H3. The second kappa shape index (κ2) is 9.47. The van der Waals surface area contributed by atoms with Gasteiger partial charge in [-0.15, -0.1) is 0 Å². The zero-order chi connectivity index (χ0) is 18.9. The van der Waals surface area contributed by atoms with Gasteiger partial charge in [0.05, 0.1) is 25.3 Å². The van der Waals surface area contributed by atoms with Gasteiger partial charge in [-0.2, -0.15) is 5.26 Å². The average molecular weight is 352 g/mol. The number of amides is 1. The maximum Gasteiger partial charge on any atom is 0.222 e. The fraction of sp³-hybridized carbons (Fsp3) is 0.333. The van der Waals surface area contributed by atoms with Crippen molar-refractivity contribution in [2.45, 2.75) is 26.3 Å². The van der Waals surface area contributed by atoms with Gasteiger partial charge in [-0.05, 0) is 31.0 Å². The highest BCUT2D eigenvalue weighted by Crippen LogP contribution is 2.27. The zero-order valence-corrected chi connectivity index (χ0v) is 15.5. The molecular weight excluding hydrogens is 328 g/mol. The van der Waals surface area contributed by atoms with Gasteiger partial charge in [-0.1, -0.05) is 29.8 Å². The van der Waals surface area contributed by atoms with Crippen molar-refractivity contribution in [2.75, 3.05) is 20.8 Å².